The predicted octanol–water partition coefficient (Wildman–Crippen LogP) is 4.90. The molecule has 0 aliphatic carbocycles. The first-order chi connectivity index (χ1) is 19.6. The third-order valence-corrected chi connectivity index (χ3v) is 8.06. The van der Waals surface area contributed by atoms with Gasteiger partial charge >= 0.3 is 11.9 Å². The molecule has 1 fully saturated rings. The second-order valence-electron chi connectivity index (χ2n) is 10.1. The number of piperidine rings is 1. The average Bonchev–Trinajstić information content (AvgIpc) is 2.96. The summed E-state index contributed by atoms with van der Waals surface area (Å²) in [5, 5.41) is 14.5. The van der Waals surface area contributed by atoms with Gasteiger partial charge in [-0.25, -0.2) is 9.59 Å². The predicted molar refractivity (Wildman–Crippen MR) is 155 cm³/mol. The SMILES string of the molecule is COC(=O)C1=C(C)NC(C)=C(C(=O)OCCN2CCC(C(=O)c3ccc(Br)cc3)CC2)C1c1cccc([N+](=O)[O-])c1. The van der Waals surface area contributed by atoms with Gasteiger partial charge in [0.05, 0.1) is 29.1 Å². The molecule has 0 spiro atoms. The molecular weight excluding hydrogens is 594 g/mol. The summed E-state index contributed by atoms with van der Waals surface area (Å²) in [6.07, 6.45) is 1.44. The van der Waals surface area contributed by atoms with E-state index in [1.165, 1.54) is 25.3 Å². The number of nitro benzene ring substituents is 1. The van der Waals surface area contributed by atoms with Crippen LogP contribution >= 0.6 is 15.9 Å². The quantitative estimate of drug-likeness (QED) is 0.179. The van der Waals surface area contributed by atoms with E-state index in [1.807, 2.05) is 24.3 Å². The second-order valence-corrected chi connectivity index (χ2v) is 11.0. The van der Waals surface area contributed by atoms with E-state index in [0.717, 1.165) is 17.3 Å². The van der Waals surface area contributed by atoms with E-state index in [1.54, 1.807) is 19.9 Å². The Morgan fingerprint density at radius 2 is 1.66 bits per heavy atom. The number of ether oxygens (including phenoxy) is 2. The molecule has 2 aromatic carbocycles. The first-order valence-corrected chi connectivity index (χ1v) is 14.1. The molecule has 4 rings (SSSR count). The van der Waals surface area contributed by atoms with Crippen molar-refractivity contribution in [3.63, 3.8) is 0 Å². The molecule has 41 heavy (non-hydrogen) atoms. The van der Waals surface area contributed by atoms with Gasteiger partial charge in [0.1, 0.15) is 6.61 Å². The number of benzene rings is 2. The number of esters is 2. The largest absolute Gasteiger partial charge is 0.466 e. The van der Waals surface area contributed by atoms with Crippen LogP contribution in [-0.4, -0.2) is 60.9 Å². The Labute approximate surface area is 246 Å². The topological polar surface area (TPSA) is 128 Å². The fourth-order valence-electron chi connectivity index (χ4n) is 5.41. The Kier molecular flexibility index (Phi) is 9.72. The molecule has 10 nitrogen and oxygen atoms in total. The van der Waals surface area contributed by atoms with E-state index in [0.29, 0.717) is 42.2 Å². The van der Waals surface area contributed by atoms with Crippen molar-refractivity contribution >= 4 is 39.3 Å². The van der Waals surface area contributed by atoms with Crippen molar-refractivity contribution in [2.75, 3.05) is 33.4 Å². The lowest BCUT2D eigenvalue weighted by Gasteiger charge is -2.32. The minimum Gasteiger partial charge on any atom is -0.466 e. The van der Waals surface area contributed by atoms with Crippen molar-refractivity contribution in [3.05, 3.63) is 96.8 Å². The summed E-state index contributed by atoms with van der Waals surface area (Å²) in [6.45, 7) is 5.40. The van der Waals surface area contributed by atoms with Gasteiger partial charge in [0.15, 0.2) is 5.78 Å². The lowest BCUT2D eigenvalue weighted by molar-refractivity contribution is -0.384. The fourth-order valence-corrected chi connectivity index (χ4v) is 5.67. The van der Waals surface area contributed by atoms with E-state index in [9.17, 15) is 24.5 Å². The van der Waals surface area contributed by atoms with Crippen LogP contribution in [0.4, 0.5) is 5.69 Å². The highest BCUT2D eigenvalue weighted by Crippen LogP contribution is 2.40. The zero-order valence-electron chi connectivity index (χ0n) is 23.1. The zero-order chi connectivity index (χ0) is 29.7. The number of nitrogens with zero attached hydrogens (tertiary/aromatic N) is 2. The number of nitrogens with one attached hydrogen (secondary N) is 1. The maximum absolute atomic E-state index is 13.4. The van der Waals surface area contributed by atoms with Crippen LogP contribution in [-0.2, 0) is 19.1 Å². The van der Waals surface area contributed by atoms with E-state index < -0.39 is 22.8 Å². The van der Waals surface area contributed by atoms with E-state index in [2.05, 4.69) is 26.1 Å². The van der Waals surface area contributed by atoms with Crippen LogP contribution in [0, 0.1) is 16.0 Å². The number of Topliss-reactive ketones (excluding diaryl/α,β-unsaturated/α-hetero) is 1. The van der Waals surface area contributed by atoms with Gasteiger partial charge in [-0.15, -0.1) is 0 Å². The van der Waals surface area contributed by atoms with Crippen molar-refractivity contribution in [2.45, 2.75) is 32.6 Å². The number of allylic oxidation sites excluding steroid dienone is 2. The maximum atomic E-state index is 13.4. The van der Waals surface area contributed by atoms with Crippen LogP contribution in [0.5, 0.6) is 0 Å². The summed E-state index contributed by atoms with van der Waals surface area (Å²) in [4.78, 5) is 52.2. The lowest BCUT2D eigenvalue weighted by atomic mass is 9.80. The first kappa shape index (κ1) is 30.1. The number of likely N-dealkylation sites (tertiary alicyclic amines) is 1. The summed E-state index contributed by atoms with van der Waals surface area (Å²) < 4.78 is 11.6. The van der Waals surface area contributed by atoms with Crippen molar-refractivity contribution in [1.29, 1.82) is 0 Å². The number of hydrogen-bond donors (Lipinski definition) is 1. The highest BCUT2D eigenvalue weighted by Gasteiger charge is 2.38. The zero-order valence-corrected chi connectivity index (χ0v) is 24.7. The van der Waals surface area contributed by atoms with E-state index in [4.69, 9.17) is 9.47 Å². The Morgan fingerprint density at radius 3 is 2.27 bits per heavy atom. The third kappa shape index (κ3) is 6.91. The number of hydrogen-bond acceptors (Lipinski definition) is 9. The van der Waals surface area contributed by atoms with Gasteiger partial charge in [-0.3, -0.25) is 19.8 Å². The molecule has 2 aliphatic rings. The van der Waals surface area contributed by atoms with Gasteiger partial charge in [-0.05, 0) is 57.5 Å². The molecule has 2 aromatic rings. The number of nitro groups is 1. The number of methoxy groups -OCH3 is 1. The molecule has 0 bridgehead atoms. The minimum atomic E-state index is -0.906. The summed E-state index contributed by atoms with van der Waals surface area (Å²) in [5.41, 5.74) is 2.31. The van der Waals surface area contributed by atoms with Gasteiger partial charge < -0.3 is 14.8 Å². The van der Waals surface area contributed by atoms with Crippen LogP contribution in [0.25, 0.3) is 0 Å². The van der Waals surface area contributed by atoms with Crippen molar-refractivity contribution in [1.82, 2.24) is 10.2 Å². The number of dihydropyridines is 1. The van der Waals surface area contributed by atoms with Gasteiger partial charge in [-0.2, -0.15) is 0 Å². The number of rotatable bonds is 9. The summed E-state index contributed by atoms with van der Waals surface area (Å²) in [5.74, 6) is -2.08. The molecule has 1 N–H and O–H groups in total. The van der Waals surface area contributed by atoms with Crippen molar-refractivity contribution in [3.8, 4) is 0 Å². The van der Waals surface area contributed by atoms with Crippen LogP contribution < -0.4 is 5.32 Å². The van der Waals surface area contributed by atoms with Crippen LogP contribution in [0.3, 0.4) is 0 Å². The summed E-state index contributed by atoms with van der Waals surface area (Å²) in [7, 11) is 1.24. The third-order valence-electron chi connectivity index (χ3n) is 7.53. The molecular formula is C30H32BrN3O7. The molecule has 1 unspecified atom stereocenters. The van der Waals surface area contributed by atoms with Crippen LogP contribution in [0.1, 0.15) is 48.5 Å². The highest BCUT2D eigenvalue weighted by atomic mass is 79.9. The Morgan fingerprint density at radius 1 is 1.02 bits per heavy atom. The highest BCUT2D eigenvalue weighted by molar-refractivity contribution is 9.10. The normalized spacial score (nSPS) is 18.1. The molecule has 216 valence electrons. The molecule has 2 aliphatic heterocycles. The fraction of sp³-hybridized carbons (Fsp3) is 0.367. The van der Waals surface area contributed by atoms with Gasteiger partial charge in [0, 0.05) is 46.0 Å². The Bertz CT molecular complexity index is 1410. The molecule has 1 atom stereocenters. The summed E-state index contributed by atoms with van der Waals surface area (Å²) >= 11 is 3.39. The average molecular weight is 627 g/mol. The first-order valence-electron chi connectivity index (χ1n) is 13.3. The Balaban J connectivity index is 1.42. The molecule has 0 saturated carbocycles. The summed E-state index contributed by atoms with van der Waals surface area (Å²) in [6, 6.07) is 13.3. The second kappa shape index (κ2) is 13.2. The maximum Gasteiger partial charge on any atom is 0.336 e. The number of halogens is 1. The van der Waals surface area contributed by atoms with Crippen LogP contribution in [0.15, 0.2) is 75.5 Å². The molecule has 11 heteroatoms. The van der Waals surface area contributed by atoms with Gasteiger partial charge in [0.2, 0.25) is 0 Å². The molecule has 0 amide bonds. The molecule has 2 heterocycles. The number of carbonyl (C=O) groups is 3. The molecule has 0 radical (unpaired) electrons. The minimum absolute atomic E-state index is 0.0430. The van der Waals surface area contributed by atoms with E-state index >= 15 is 0 Å². The monoisotopic (exact) mass is 625 g/mol. The Hall–Kier alpha value is -3.83. The number of non-ortho nitro benzene ring substituents is 1. The number of carbonyl (C=O) groups excluding carboxylic acids is 3. The van der Waals surface area contributed by atoms with Gasteiger partial charge in [-0.1, -0.05) is 40.2 Å². The van der Waals surface area contributed by atoms with Gasteiger partial charge in [0.25, 0.3) is 5.69 Å². The van der Waals surface area contributed by atoms with E-state index in [-0.39, 0.29) is 35.1 Å². The van der Waals surface area contributed by atoms with Crippen molar-refractivity contribution in [2.24, 2.45) is 5.92 Å². The molecule has 1 saturated heterocycles. The number of ketones is 1. The standard InChI is InChI=1S/C30H32BrN3O7/c1-18-25(29(36)40-3)27(22-5-4-6-24(17-22)34(38)39)26(19(2)32-18)30(37)41-16-15-33-13-11-21(12-14-33)28(35)20-7-9-23(31)10-8-20/h4-10,17,21,27,32H,11-16H2,1-3H3. The van der Waals surface area contributed by atoms with Crippen molar-refractivity contribution < 1.29 is 28.8 Å². The smallest absolute Gasteiger partial charge is 0.336 e. The lowest BCUT2D eigenvalue weighted by Crippen LogP contribution is -2.39. The molecule has 0 aromatic heterocycles. The van der Waals surface area contributed by atoms with Crippen LogP contribution in [0.2, 0.25) is 0 Å².